The van der Waals surface area contributed by atoms with Crippen molar-refractivity contribution in [3.05, 3.63) is 34.9 Å². The van der Waals surface area contributed by atoms with Crippen LogP contribution in [0.1, 0.15) is 29.5 Å². The highest BCUT2D eigenvalue weighted by Gasteiger charge is 2.37. The van der Waals surface area contributed by atoms with E-state index in [9.17, 15) is 0 Å². The van der Waals surface area contributed by atoms with Gasteiger partial charge in [-0.2, -0.15) is 0 Å². The van der Waals surface area contributed by atoms with Crippen molar-refractivity contribution in [2.45, 2.75) is 32.3 Å². The lowest BCUT2D eigenvalue weighted by Gasteiger charge is -2.33. The van der Waals surface area contributed by atoms with Crippen LogP contribution in [0.4, 0.5) is 0 Å². The Morgan fingerprint density at radius 1 is 1.12 bits per heavy atom. The van der Waals surface area contributed by atoms with Gasteiger partial charge in [0.25, 0.3) is 0 Å². The van der Waals surface area contributed by atoms with Gasteiger partial charge in [0.1, 0.15) is 0 Å². The molecule has 16 heavy (non-hydrogen) atoms. The molecule has 0 aromatic heterocycles. The van der Waals surface area contributed by atoms with Gasteiger partial charge in [0.2, 0.25) is 0 Å². The maximum absolute atomic E-state index is 9.16. The predicted octanol–water partition coefficient (Wildman–Crippen LogP) is 1.65. The molecule has 0 amide bonds. The van der Waals surface area contributed by atoms with E-state index < -0.39 is 0 Å². The Morgan fingerprint density at radius 2 is 1.88 bits per heavy atom. The van der Waals surface area contributed by atoms with Crippen molar-refractivity contribution < 1.29 is 5.11 Å². The molecule has 1 heterocycles. The standard InChI is InChI=1S/C14H19NO/c16-10-11-1-2-12-8-14(9-13(12)7-11)3-5-15-6-4-14/h1-2,7,15-16H,3-6,8-10H2. The van der Waals surface area contributed by atoms with Gasteiger partial charge >= 0.3 is 0 Å². The molecule has 1 saturated heterocycles. The number of rotatable bonds is 1. The molecule has 2 nitrogen and oxygen atoms in total. The Hall–Kier alpha value is -0.860. The van der Waals surface area contributed by atoms with Crippen molar-refractivity contribution in [1.29, 1.82) is 0 Å². The Morgan fingerprint density at radius 3 is 2.62 bits per heavy atom. The van der Waals surface area contributed by atoms with E-state index in [2.05, 4.69) is 23.5 Å². The van der Waals surface area contributed by atoms with E-state index in [1.165, 1.54) is 49.9 Å². The molecular weight excluding hydrogens is 198 g/mol. The molecule has 1 aromatic rings. The highest BCUT2D eigenvalue weighted by molar-refractivity contribution is 5.38. The molecule has 1 fully saturated rings. The number of aliphatic hydroxyl groups excluding tert-OH is 1. The summed E-state index contributed by atoms with van der Waals surface area (Å²) in [5.74, 6) is 0. The average Bonchev–Trinajstić information content (AvgIpc) is 2.66. The Bertz CT molecular complexity index is 394. The molecule has 1 aliphatic heterocycles. The summed E-state index contributed by atoms with van der Waals surface area (Å²) in [5.41, 5.74) is 4.58. The fraction of sp³-hybridized carbons (Fsp3) is 0.571. The van der Waals surface area contributed by atoms with Crippen LogP contribution in [0.2, 0.25) is 0 Å². The van der Waals surface area contributed by atoms with Crippen LogP contribution in [0.15, 0.2) is 18.2 Å². The highest BCUT2D eigenvalue weighted by Crippen LogP contribution is 2.43. The molecule has 3 rings (SSSR count). The summed E-state index contributed by atoms with van der Waals surface area (Å²) in [7, 11) is 0. The number of piperidine rings is 1. The smallest absolute Gasteiger partial charge is 0.0681 e. The summed E-state index contributed by atoms with van der Waals surface area (Å²) in [6.45, 7) is 2.50. The summed E-state index contributed by atoms with van der Waals surface area (Å²) >= 11 is 0. The molecule has 0 radical (unpaired) electrons. The average molecular weight is 217 g/mol. The monoisotopic (exact) mass is 217 g/mol. The van der Waals surface area contributed by atoms with Gasteiger partial charge in [0, 0.05) is 0 Å². The number of fused-ring (bicyclic) bond motifs is 1. The maximum atomic E-state index is 9.16. The molecule has 0 bridgehead atoms. The summed E-state index contributed by atoms with van der Waals surface area (Å²) in [4.78, 5) is 0. The zero-order chi connectivity index (χ0) is 11.0. The molecule has 0 saturated carbocycles. The van der Waals surface area contributed by atoms with Crippen LogP contribution in [0, 0.1) is 5.41 Å². The molecule has 2 N–H and O–H groups in total. The lowest BCUT2D eigenvalue weighted by Crippen LogP contribution is -2.37. The maximum Gasteiger partial charge on any atom is 0.0681 e. The van der Waals surface area contributed by atoms with Crippen LogP contribution < -0.4 is 5.32 Å². The van der Waals surface area contributed by atoms with Gasteiger partial charge in [0.05, 0.1) is 6.61 Å². The zero-order valence-electron chi connectivity index (χ0n) is 9.63. The van der Waals surface area contributed by atoms with Crippen molar-refractivity contribution in [2.75, 3.05) is 13.1 Å². The van der Waals surface area contributed by atoms with Crippen molar-refractivity contribution in [2.24, 2.45) is 5.41 Å². The third kappa shape index (κ3) is 1.66. The fourth-order valence-electron chi connectivity index (χ4n) is 3.30. The van der Waals surface area contributed by atoms with Gasteiger partial charge in [-0.15, -0.1) is 0 Å². The number of nitrogens with one attached hydrogen (secondary N) is 1. The Kier molecular flexibility index (Phi) is 2.49. The molecule has 0 atom stereocenters. The van der Waals surface area contributed by atoms with Crippen LogP contribution in [0.25, 0.3) is 0 Å². The second-order valence-corrected chi connectivity index (χ2v) is 5.36. The predicted molar refractivity (Wildman–Crippen MR) is 64.3 cm³/mol. The van der Waals surface area contributed by atoms with E-state index in [-0.39, 0.29) is 6.61 Å². The Labute approximate surface area is 96.7 Å². The van der Waals surface area contributed by atoms with Gasteiger partial charge in [-0.3, -0.25) is 0 Å². The van der Waals surface area contributed by atoms with E-state index >= 15 is 0 Å². The van der Waals surface area contributed by atoms with Crippen molar-refractivity contribution in [3.8, 4) is 0 Å². The minimum Gasteiger partial charge on any atom is -0.392 e. The fourth-order valence-corrected chi connectivity index (χ4v) is 3.30. The van der Waals surface area contributed by atoms with E-state index in [4.69, 9.17) is 5.11 Å². The topological polar surface area (TPSA) is 32.3 Å². The molecule has 1 aromatic carbocycles. The van der Waals surface area contributed by atoms with Crippen molar-refractivity contribution >= 4 is 0 Å². The first kappa shape index (κ1) is 10.3. The van der Waals surface area contributed by atoms with Crippen LogP contribution in [-0.2, 0) is 19.4 Å². The molecular formula is C14H19NO. The van der Waals surface area contributed by atoms with Gasteiger partial charge < -0.3 is 10.4 Å². The Balaban J connectivity index is 1.87. The summed E-state index contributed by atoms with van der Waals surface area (Å²) in [6.07, 6.45) is 5.07. The van der Waals surface area contributed by atoms with E-state index in [0.29, 0.717) is 5.41 Å². The van der Waals surface area contributed by atoms with Crippen LogP contribution in [0.3, 0.4) is 0 Å². The third-order valence-electron chi connectivity index (χ3n) is 4.25. The first-order valence-electron chi connectivity index (χ1n) is 6.24. The first-order valence-corrected chi connectivity index (χ1v) is 6.24. The minimum atomic E-state index is 0.168. The molecule has 2 aliphatic rings. The number of hydrogen-bond donors (Lipinski definition) is 2. The SMILES string of the molecule is OCc1ccc2c(c1)CC1(CCNCC1)C2. The normalized spacial score (nSPS) is 22.3. The number of benzene rings is 1. The summed E-state index contributed by atoms with van der Waals surface area (Å²) < 4.78 is 0. The lowest BCUT2D eigenvalue weighted by atomic mass is 9.76. The van der Waals surface area contributed by atoms with Crippen molar-refractivity contribution in [3.63, 3.8) is 0 Å². The highest BCUT2D eigenvalue weighted by atomic mass is 16.3. The quantitative estimate of drug-likeness (QED) is 0.749. The first-order chi connectivity index (χ1) is 7.81. The zero-order valence-corrected chi connectivity index (χ0v) is 9.63. The largest absolute Gasteiger partial charge is 0.392 e. The molecule has 2 heteroatoms. The van der Waals surface area contributed by atoms with E-state index in [0.717, 1.165) is 5.56 Å². The third-order valence-corrected chi connectivity index (χ3v) is 4.25. The van der Waals surface area contributed by atoms with Gasteiger partial charge in [-0.1, -0.05) is 18.2 Å². The van der Waals surface area contributed by atoms with Crippen LogP contribution in [-0.4, -0.2) is 18.2 Å². The number of hydrogen-bond acceptors (Lipinski definition) is 2. The van der Waals surface area contributed by atoms with Crippen LogP contribution >= 0.6 is 0 Å². The second kappa shape index (κ2) is 3.86. The molecule has 86 valence electrons. The molecule has 1 aliphatic carbocycles. The van der Waals surface area contributed by atoms with Gasteiger partial charge in [-0.25, -0.2) is 0 Å². The van der Waals surface area contributed by atoms with E-state index in [1.54, 1.807) is 0 Å². The van der Waals surface area contributed by atoms with Crippen molar-refractivity contribution in [1.82, 2.24) is 5.32 Å². The second-order valence-electron chi connectivity index (χ2n) is 5.36. The minimum absolute atomic E-state index is 0.168. The van der Waals surface area contributed by atoms with Gasteiger partial charge in [-0.05, 0) is 60.9 Å². The van der Waals surface area contributed by atoms with Gasteiger partial charge in [0.15, 0.2) is 0 Å². The van der Waals surface area contributed by atoms with Crippen LogP contribution in [0.5, 0.6) is 0 Å². The summed E-state index contributed by atoms with van der Waals surface area (Å²) in [6, 6.07) is 6.49. The number of aliphatic hydroxyl groups is 1. The lowest BCUT2D eigenvalue weighted by molar-refractivity contribution is 0.216. The molecule has 0 unspecified atom stereocenters. The van der Waals surface area contributed by atoms with E-state index in [1.807, 2.05) is 0 Å². The molecule has 1 spiro atoms. The summed E-state index contributed by atoms with van der Waals surface area (Å²) in [5, 5.41) is 12.6.